The van der Waals surface area contributed by atoms with Gasteiger partial charge >= 0.3 is 18.3 Å². The third kappa shape index (κ3) is 15.8. The van der Waals surface area contributed by atoms with Gasteiger partial charge in [-0.05, 0) is 102 Å². The van der Waals surface area contributed by atoms with E-state index in [1.165, 1.54) is 30.9 Å². The van der Waals surface area contributed by atoms with E-state index < -0.39 is 71.6 Å². The Bertz CT molecular complexity index is 2480. The molecule has 6 rings (SSSR count). The van der Waals surface area contributed by atoms with Gasteiger partial charge in [-0.2, -0.15) is 26.3 Å². The molecule has 0 radical (unpaired) electrons. The second-order valence-corrected chi connectivity index (χ2v) is 19.4. The summed E-state index contributed by atoms with van der Waals surface area (Å²) in [6.45, 7) is 0.730. The number of benzene rings is 2. The van der Waals surface area contributed by atoms with Crippen LogP contribution in [0.5, 0.6) is 0 Å². The summed E-state index contributed by atoms with van der Waals surface area (Å²) in [5, 5.41) is 12.9. The highest BCUT2D eigenvalue weighted by Gasteiger charge is 2.69. The van der Waals surface area contributed by atoms with Gasteiger partial charge in [-0.25, -0.2) is 19.9 Å². The van der Waals surface area contributed by atoms with Gasteiger partial charge in [0.15, 0.2) is 0 Å². The smallest absolute Gasteiger partial charge is 0.395 e. The molecule has 1 unspecified atom stereocenters. The van der Waals surface area contributed by atoms with Gasteiger partial charge in [-0.15, -0.1) is 0 Å². The summed E-state index contributed by atoms with van der Waals surface area (Å²) >= 11 is 23.8. The van der Waals surface area contributed by atoms with Crippen LogP contribution in [0.4, 0.5) is 26.3 Å². The summed E-state index contributed by atoms with van der Waals surface area (Å²) in [7, 11) is 7.58. The zero-order valence-corrected chi connectivity index (χ0v) is 42.0. The van der Waals surface area contributed by atoms with Gasteiger partial charge in [0.05, 0.1) is 27.3 Å². The van der Waals surface area contributed by atoms with E-state index in [-0.39, 0.29) is 71.6 Å². The topological polar surface area (TPSA) is 237 Å². The summed E-state index contributed by atoms with van der Waals surface area (Å²) in [4.78, 5) is 65.3. The maximum absolute atomic E-state index is 13.9. The van der Waals surface area contributed by atoms with Crippen molar-refractivity contribution in [3.05, 3.63) is 115 Å². The molecule has 2 heterocycles. The maximum Gasteiger partial charge on any atom is 0.395 e. The summed E-state index contributed by atoms with van der Waals surface area (Å²) in [5.41, 5.74) is 14.5. The van der Waals surface area contributed by atoms with Crippen molar-refractivity contribution in [2.75, 3.05) is 41.3 Å². The Morgan fingerprint density at radius 1 is 0.662 bits per heavy atom. The Labute approximate surface area is 426 Å². The second kappa shape index (κ2) is 24.7. The predicted octanol–water partition coefficient (Wildman–Crippen LogP) is 7.89. The summed E-state index contributed by atoms with van der Waals surface area (Å²) < 4.78 is 80.9. The molecule has 0 aliphatic heterocycles. The number of rotatable bonds is 19. The Kier molecular flexibility index (Phi) is 20.4. The van der Waals surface area contributed by atoms with Gasteiger partial charge in [-0.3, -0.25) is 19.2 Å². The van der Waals surface area contributed by atoms with Crippen LogP contribution >= 0.6 is 46.4 Å². The first kappa shape index (κ1) is 58.7. The highest BCUT2D eigenvalue weighted by Crippen LogP contribution is 2.66. The first-order chi connectivity index (χ1) is 33.0. The number of aliphatic carboxylic acids is 1. The van der Waals surface area contributed by atoms with Crippen molar-refractivity contribution in [2.45, 2.75) is 87.6 Å². The number of hydrogen-bond donors (Lipinski definition) is 5. The fraction of sp³-hybridized carbons (Fsp3) is 0.478. The van der Waals surface area contributed by atoms with Gasteiger partial charge in [0.2, 0.25) is 17.7 Å². The van der Waals surface area contributed by atoms with Crippen LogP contribution in [0.2, 0.25) is 20.1 Å². The van der Waals surface area contributed by atoms with Gasteiger partial charge in [-0.1, -0.05) is 58.5 Å². The highest BCUT2D eigenvalue weighted by atomic mass is 35.5. The van der Waals surface area contributed by atoms with Crippen LogP contribution in [-0.4, -0.2) is 124 Å². The number of carbonyl (C=O) groups is 4. The molecule has 4 aromatic rings. The first-order valence-corrected chi connectivity index (χ1v) is 23.3. The minimum Gasteiger partial charge on any atom is -0.481 e. The number of nitrogens with one attached hydrogen (secondary N) is 1. The lowest BCUT2D eigenvalue weighted by Crippen LogP contribution is -2.43. The Hall–Kier alpha value is -4.90. The number of nitrogens with two attached hydrogens (primary N) is 3. The van der Waals surface area contributed by atoms with E-state index >= 15 is 0 Å². The van der Waals surface area contributed by atoms with Crippen molar-refractivity contribution < 1.29 is 50.6 Å². The molecular weight excluding hydrogens is 1030 g/mol. The molecule has 15 nitrogen and oxygen atoms in total. The van der Waals surface area contributed by atoms with E-state index in [4.69, 9.17) is 68.7 Å². The lowest BCUT2D eigenvalue weighted by atomic mass is 9.84. The zero-order valence-electron chi connectivity index (χ0n) is 38.9. The molecule has 3 amide bonds. The van der Waals surface area contributed by atoms with Crippen LogP contribution in [0, 0.1) is 10.8 Å². The van der Waals surface area contributed by atoms with E-state index in [2.05, 4.69) is 30.2 Å². The van der Waals surface area contributed by atoms with Crippen LogP contribution in [0.15, 0.2) is 61.2 Å². The molecule has 0 bridgehead atoms. The fourth-order valence-corrected chi connectivity index (χ4v) is 8.53. The van der Waals surface area contributed by atoms with E-state index in [0.717, 1.165) is 17.5 Å². The number of nitrogens with zero attached hydrogens (tertiary/aromatic N) is 6. The third-order valence-electron chi connectivity index (χ3n) is 12.6. The molecule has 0 saturated heterocycles. The summed E-state index contributed by atoms with van der Waals surface area (Å²) in [6.07, 6.45) is -4.37. The summed E-state index contributed by atoms with van der Waals surface area (Å²) in [6, 6.07) is 9.87. The number of amides is 3. The number of halogens is 10. The lowest BCUT2D eigenvalue weighted by molar-refractivity contribution is -0.196. The van der Waals surface area contributed by atoms with Crippen molar-refractivity contribution >= 4 is 70.1 Å². The van der Waals surface area contributed by atoms with Crippen LogP contribution in [0.1, 0.15) is 93.9 Å². The number of hydrogen-bond acceptors (Lipinski definition) is 11. The van der Waals surface area contributed by atoms with Gasteiger partial charge in [0.25, 0.3) is 0 Å². The molecule has 0 spiro atoms. The fourth-order valence-electron chi connectivity index (χ4n) is 7.82. The molecule has 2 aromatic heterocycles. The molecule has 2 aliphatic rings. The molecule has 2 aliphatic carbocycles. The highest BCUT2D eigenvalue weighted by molar-refractivity contribution is 6.32. The largest absolute Gasteiger partial charge is 0.481 e. The quantitative estimate of drug-likeness (QED) is 0.0564. The molecule has 388 valence electrons. The molecular formula is C46H54Cl4F6N10O5. The molecule has 25 heteroatoms. The number of alkyl halides is 6. The molecule has 4 atom stereocenters. The number of carboxylic acids is 1. The Morgan fingerprint density at radius 3 is 1.32 bits per heavy atom. The van der Waals surface area contributed by atoms with Crippen LogP contribution < -0.4 is 22.5 Å². The molecule has 71 heavy (non-hydrogen) atoms. The third-order valence-corrected chi connectivity index (χ3v) is 13.7. The summed E-state index contributed by atoms with van der Waals surface area (Å²) in [5.74, 6) is -5.57. The van der Waals surface area contributed by atoms with Crippen molar-refractivity contribution in [3.63, 3.8) is 0 Å². The number of carbonyl (C=O) groups excluding carboxylic acids is 3. The second-order valence-electron chi connectivity index (χ2n) is 17.8. The Morgan fingerprint density at radius 2 is 1.03 bits per heavy atom. The van der Waals surface area contributed by atoms with E-state index in [9.17, 15) is 45.5 Å². The molecule has 2 saturated carbocycles. The normalized spacial score (nSPS) is 16.3. The average Bonchev–Trinajstić information content (AvgIpc) is 4.22. The molecule has 2 aromatic carbocycles. The van der Waals surface area contributed by atoms with Crippen molar-refractivity contribution in [2.24, 2.45) is 28.0 Å². The zero-order chi connectivity index (χ0) is 53.2. The predicted molar refractivity (Wildman–Crippen MR) is 256 cm³/mol. The number of likely N-dealkylation sites (N-methyl/N-ethyl adjacent to an activating group) is 2. The number of aromatic nitrogens is 4. The SMILES string of the molecule is CN(C)[C@H](CN)Cc1ccc(C(N)=O)cc1Cl.CN(C)[C@H](CNC(=O)CC(c1ncc(Cl)cn1)C1(C(F)(F)F)CC1)Cc1ccc(C(N)=O)cc1Cl.O=C(O)C[C@H](c1ncc(Cl)cn1)C1(C(F)(F)F)CC1. The van der Waals surface area contributed by atoms with Gasteiger partial charge < -0.3 is 37.4 Å². The number of carboxylic acid groups (broad SMARTS) is 1. The van der Waals surface area contributed by atoms with E-state index in [0.29, 0.717) is 28.6 Å². The minimum absolute atomic E-state index is 0.0511. The van der Waals surface area contributed by atoms with E-state index in [1.54, 1.807) is 24.3 Å². The minimum atomic E-state index is -4.49. The van der Waals surface area contributed by atoms with Crippen LogP contribution in [0.25, 0.3) is 0 Å². The monoisotopic (exact) mass is 1080 g/mol. The van der Waals surface area contributed by atoms with Crippen LogP contribution in [-0.2, 0) is 22.4 Å². The van der Waals surface area contributed by atoms with E-state index in [1.807, 2.05) is 39.2 Å². The van der Waals surface area contributed by atoms with Crippen molar-refractivity contribution in [1.29, 1.82) is 0 Å². The van der Waals surface area contributed by atoms with Crippen LogP contribution in [0.3, 0.4) is 0 Å². The molecule has 8 N–H and O–H groups in total. The first-order valence-electron chi connectivity index (χ1n) is 21.8. The Balaban J connectivity index is 0.000000256. The average molecular weight is 1080 g/mol. The lowest BCUT2D eigenvalue weighted by Gasteiger charge is -2.29. The maximum atomic E-state index is 13.9. The van der Waals surface area contributed by atoms with Gasteiger partial charge in [0, 0.05) is 89.4 Å². The van der Waals surface area contributed by atoms with Crippen molar-refractivity contribution in [3.8, 4) is 0 Å². The van der Waals surface area contributed by atoms with Crippen molar-refractivity contribution in [1.82, 2.24) is 35.1 Å². The number of primary amides is 2. The molecule has 2 fully saturated rings. The standard InChI is InChI=1S/C23H26Cl2F3N5O2.C12H18ClN3O.C11H10ClF3N2O2/c1-33(2)16(7-13-3-4-14(20(29)35)8-18(13)25)12-30-19(34)9-17(21-31-10-15(24)11-32-21)22(5-6-22)23(26,27)28;1-16(2)10(7-14)5-8-3-4-9(12(15)17)6-11(8)13;12-6-4-16-9(17-5-6)7(3-8(18)19)10(1-2-10)11(13,14)15/h3-4,8,10-11,16-17H,5-7,9,12H2,1-2H3,(H2,29,35)(H,30,34);3-4,6,10H,5,7,14H2,1-2H3,(H2,15,17);4-5,7H,1-3H2,(H,18,19)/t16-,17?;10-;7-/m001/s1. The van der Waals surface area contributed by atoms with Gasteiger partial charge in [0.1, 0.15) is 11.6 Å².